The van der Waals surface area contributed by atoms with Crippen LogP contribution in [0, 0.1) is 0 Å². The first-order chi connectivity index (χ1) is 7.04. The van der Waals surface area contributed by atoms with Crippen molar-refractivity contribution in [2.75, 3.05) is 6.61 Å². The largest absolute Gasteiger partial charge is 0.481 e. The van der Waals surface area contributed by atoms with Crippen molar-refractivity contribution < 1.29 is 20.1 Å². The molecule has 0 amide bonds. The Labute approximate surface area is 91.9 Å². The number of carboxylic acids is 1. The van der Waals surface area contributed by atoms with Crippen LogP contribution in [0.25, 0.3) is 0 Å². The Kier molecular flexibility index (Phi) is 15.0. The summed E-state index contributed by atoms with van der Waals surface area (Å²) in [5, 5.41) is 24.9. The third-order valence-corrected chi connectivity index (χ3v) is 1.85. The van der Waals surface area contributed by atoms with E-state index >= 15 is 0 Å². The summed E-state index contributed by atoms with van der Waals surface area (Å²) in [6.07, 6.45) is 6.29. The molecule has 0 fully saturated rings. The highest BCUT2D eigenvalue weighted by atomic mass is 16.4. The van der Waals surface area contributed by atoms with Crippen molar-refractivity contribution in [1.29, 1.82) is 0 Å². The predicted octanol–water partition coefficient (Wildman–Crippen LogP) is 1.79. The van der Waals surface area contributed by atoms with Gasteiger partial charge in [-0.1, -0.05) is 39.0 Å². The second-order valence-electron chi connectivity index (χ2n) is 3.56. The molecule has 0 aromatic rings. The summed E-state index contributed by atoms with van der Waals surface area (Å²) in [4.78, 5) is 9.00. The fourth-order valence-corrected chi connectivity index (χ4v) is 1.07. The smallest absolute Gasteiger partial charge is 0.300 e. The van der Waals surface area contributed by atoms with Crippen LogP contribution in [-0.4, -0.2) is 34.0 Å². The molecule has 0 aliphatic heterocycles. The van der Waals surface area contributed by atoms with E-state index in [1.807, 2.05) is 0 Å². The van der Waals surface area contributed by atoms with E-state index in [4.69, 9.17) is 20.1 Å². The van der Waals surface area contributed by atoms with Crippen LogP contribution in [0.3, 0.4) is 0 Å². The van der Waals surface area contributed by atoms with Crippen LogP contribution in [0.15, 0.2) is 0 Å². The van der Waals surface area contributed by atoms with Gasteiger partial charge in [-0.15, -0.1) is 0 Å². The number of hydrogen-bond acceptors (Lipinski definition) is 3. The highest BCUT2D eigenvalue weighted by molar-refractivity contribution is 5.62. The normalized spacial score (nSPS) is 11.5. The molecule has 0 heterocycles. The highest BCUT2D eigenvalue weighted by Crippen LogP contribution is 2.06. The van der Waals surface area contributed by atoms with Crippen molar-refractivity contribution in [3.8, 4) is 0 Å². The van der Waals surface area contributed by atoms with Crippen LogP contribution in [0.4, 0.5) is 0 Å². The van der Waals surface area contributed by atoms with Gasteiger partial charge in [0, 0.05) is 6.92 Å². The molecule has 0 saturated heterocycles. The number of unbranched alkanes of at least 4 members (excludes halogenated alkanes) is 4. The molecule has 4 nitrogen and oxygen atoms in total. The van der Waals surface area contributed by atoms with Gasteiger partial charge in [-0.25, -0.2) is 0 Å². The van der Waals surface area contributed by atoms with Gasteiger partial charge in [0.2, 0.25) is 0 Å². The monoisotopic (exact) mass is 220 g/mol. The van der Waals surface area contributed by atoms with E-state index in [0.29, 0.717) is 0 Å². The van der Waals surface area contributed by atoms with Crippen LogP contribution >= 0.6 is 0 Å². The highest BCUT2D eigenvalue weighted by Gasteiger charge is 1.99. The molecule has 15 heavy (non-hydrogen) atoms. The zero-order chi connectivity index (χ0) is 12.1. The molecule has 0 rings (SSSR count). The number of carboxylic acid groups (broad SMARTS) is 1. The summed E-state index contributed by atoms with van der Waals surface area (Å²) in [5.74, 6) is -0.833. The Morgan fingerprint density at radius 3 is 2.07 bits per heavy atom. The van der Waals surface area contributed by atoms with Crippen molar-refractivity contribution >= 4 is 5.97 Å². The second-order valence-corrected chi connectivity index (χ2v) is 3.56. The molecule has 1 atom stereocenters. The molecule has 92 valence electrons. The number of aliphatic carboxylic acids is 1. The summed E-state index contributed by atoms with van der Waals surface area (Å²) >= 11 is 0. The Morgan fingerprint density at radius 2 is 1.67 bits per heavy atom. The van der Waals surface area contributed by atoms with Crippen molar-refractivity contribution in [2.24, 2.45) is 0 Å². The van der Waals surface area contributed by atoms with E-state index in [0.717, 1.165) is 19.8 Å². The molecule has 0 aromatic carbocycles. The van der Waals surface area contributed by atoms with E-state index in [9.17, 15) is 0 Å². The average molecular weight is 220 g/mol. The third kappa shape index (κ3) is 24.7. The summed E-state index contributed by atoms with van der Waals surface area (Å²) in [7, 11) is 0. The molecule has 0 bridgehead atoms. The fraction of sp³-hybridized carbons (Fsp3) is 0.909. The maximum atomic E-state index is 9.00. The van der Waals surface area contributed by atoms with E-state index < -0.39 is 12.1 Å². The minimum Gasteiger partial charge on any atom is -0.481 e. The molecular formula is C11H24O4. The van der Waals surface area contributed by atoms with Gasteiger partial charge in [0.05, 0.1) is 12.7 Å². The summed E-state index contributed by atoms with van der Waals surface area (Å²) < 4.78 is 0. The Hall–Kier alpha value is -0.610. The number of carbonyl (C=O) groups is 1. The molecule has 3 N–H and O–H groups in total. The van der Waals surface area contributed by atoms with Gasteiger partial charge < -0.3 is 15.3 Å². The lowest BCUT2D eigenvalue weighted by Gasteiger charge is -2.05. The molecule has 0 saturated carbocycles. The van der Waals surface area contributed by atoms with Crippen molar-refractivity contribution in [3.63, 3.8) is 0 Å². The minimum atomic E-state index is -0.833. The number of hydrogen-bond donors (Lipinski definition) is 3. The molecule has 0 aliphatic rings. The van der Waals surface area contributed by atoms with Gasteiger partial charge >= 0.3 is 0 Å². The molecular weight excluding hydrogens is 196 g/mol. The Morgan fingerprint density at radius 1 is 1.20 bits per heavy atom. The number of aliphatic hydroxyl groups is 2. The standard InChI is InChI=1S/C9H20O2.C2H4O2/c1-2-3-4-5-6-7-9(11)8-10;1-2(3)4/h9-11H,2-8H2,1H3;1H3,(H,3,4). The lowest BCUT2D eigenvalue weighted by molar-refractivity contribution is -0.134. The van der Waals surface area contributed by atoms with Gasteiger partial charge in [0.25, 0.3) is 5.97 Å². The van der Waals surface area contributed by atoms with E-state index in [-0.39, 0.29) is 6.61 Å². The van der Waals surface area contributed by atoms with Gasteiger partial charge in [-0.05, 0) is 6.42 Å². The topological polar surface area (TPSA) is 77.8 Å². The summed E-state index contributed by atoms with van der Waals surface area (Å²) in [5.41, 5.74) is 0. The van der Waals surface area contributed by atoms with Crippen LogP contribution < -0.4 is 0 Å². The Balaban J connectivity index is 0. The predicted molar refractivity (Wildman–Crippen MR) is 59.8 cm³/mol. The fourth-order valence-electron chi connectivity index (χ4n) is 1.07. The van der Waals surface area contributed by atoms with Crippen molar-refractivity contribution in [1.82, 2.24) is 0 Å². The van der Waals surface area contributed by atoms with Gasteiger partial charge in [-0.3, -0.25) is 4.79 Å². The SMILES string of the molecule is CC(=O)O.CCCCCCCC(O)CO. The van der Waals surface area contributed by atoms with Crippen LogP contribution in [0.5, 0.6) is 0 Å². The van der Waals surface area contributed by atoms with E-state index in [1.54, 1.807) is 0 Å². The first-order valence-electron chi connectivity index (χ1n) is 5.53. The first-order valence-corrected chi connectivity index (χ1v) is 5.53. The second kappa shape index (κ2) is 13.4. The zero-order valence-corrected chi connectivity index (χ0v) is 9.78. The van der Waals surface area contributed by atoms with Crippen LogP contribution in [0.1, 0.15) is 52.4 Å². The summed E-state index contributed by atoms with van der Waals surface area (Å²) in [6, 6.07) is 0. The van der Waals surface area contributed by atoms with E-state index in [1.165, 1.54) is 25.7 Å². The van der Waals surface area contributed by atoms with E-state index in [2.05, 4.69) is 6.92 Å². The maximum absolute atomic E-state index is 9.00. The molecule has 0 aromatic heterocycles. The maximum Gasteiger partial charge on any atom is 0.300 e. The minimum absolute atomic E-state index is 0.0895. The van der Waals surface area contributed by atoms with Gasteiger partial charge in [0.15, 0.2) is 0 Å². The zero-order valence-electron chi connectivity index (χ0n) is 9.78. The van der Waals surface area contributed by atoms with Crippen molar-refractivity contribution in [3.05, 3.63) is 0 Å². The molecule has 0 aliphatic carbocycles. The first kappa shape index (κ1) is 16.8. The lowest BCUT2D eigenvalue weighted by Crippen LogP contribution is -2.10. The molecule has 0 spiro atoms. The molecule has 4 heteroatoms. The lowest BCUT2D eigenvalue weighted by atomic mass is 10.1. The van der Waals surface area contributed by atoms with Gasteiger partial charge in [-0.2, -0.15) is 0 Å². The summed E-state index contributed by atoms with van der Waals surface area (Å²) in [6.45, 7) is 3.18. The van der Waals surface area contributed by atoms with Gasteiger partial charge in [0.1, 0.15) is 0 Å². The quantitative estimate of drug-likeness (QED) is 0.572. The van der Waals surface area contributed by atoms with Crippen LogP contribution in [0.2, 0.25) is 0 Å². The Bertz CT molecular complexity index is 133. The molecule has 0 radical (unpaired) electrons. The molecule has 1 unspecified atom stereocenters. The van der Waals surface area contributed by atoms with Crippen molar-refractivity contribution in [2.45, 2.75) is 58.5 Å². The number of rotatable bonds is 7. The average Bonchev–Trinajstić information content (AvgIpc) is 2.16. The van der Waals surface area contributed by atoms with Crippen LogP contribution in [-0.2, 0) is 4.79 Å². The number of aliphatic hydroxyl groups excluding tert-OH is 2. The third-order valence-electron chi connectivity index (χ3n) is 1.85.